The van der Waals surface area contributed by atoms with Gasteiger partial charge in [0, 0.05) is 43.1 Å². The summed E-state index contributed by atoms with van der Waals surface area (Å²) in [6, 6.07) is 9.37. The Kier molecular flexibility index (Phi) is 5.52. The van der Waals surface area contributed by atoms with Crippen LogP contribution in [0.1, 0.15) is 17.5 Å². The second kappa shape index (κ2) is 8.41. The number of nitrogens with one attached hydrogen (secondary N) is 1. The van der Waals surface area contributed by atoms with Crippen molar-refractivity contribution in [2.45, 2.75) is 25.1 Å². The first-order chi connectivity index (χ1) is 14.5. The van der Waals surface area contributed by atoms with Crippen LogP contribution in [0.2, 0.25) is 0 Å². The maximum Gasteiger partial charge on any atom is 0.404 e. The molecule has 1 saturated heterocycles. The lowest BCUT2D eigenvalue weighted by Gasteiger charge is -2.35. The lowest BCUT2D eigenvalue weighted by Crippen LogP contribution is -2.52. The molecule has 3 aromatic rings. The van der Waals surface area contributed by atoms with Crippen molar-refractivity contribution in [2.24, 2.45) is 11.5 Å². The summed E-state index contributed by atoms with van der Waals surface area (Å²) >= 11 is 0. The highest BCUT2D eigenvalue weighted by molar-refractivity contribution is 5.76. The fourth-order valence-electron chi connectivity index (χ4n) is 3.72. The van der Waals surface area contributed by atoms with Gasteiger partial charge in [0.2, 0.25) is 0 Å². The zero-order valence-electron chi connectivity index (χ0n) is 16.4. The molecular weight excluding hydrogens is 382 g/mol. The van der Waals surface area contributed by atoms with Gasteiger partial charge >= 0.3 is 6.09 Å². The molecule has 154 valence electrons. The van der Waals surface area contributed by atoms with E-state index in [9.17, 15) is 4.79 Å². The molecule has 5 N–H and O–H groups in total. The Morgan fingerprint density at radius 1 is 1.40 bits per heavy atom. The quantitative estimate of drug-likeness (QED) is 0.549. The third-order valence-corrected chi connectivity index (χ3v) is 5.19. The number of amides is 1. The first-order valence-electron chi connectivity index (χ1n) is 9.62. The Morgan fingerprint density at radius 3 is 3.07 bits per heavy atom. The highest BCUT2D eigenvalue weighted by Crippen LogP contribution is 2.25. The van der Waals surface area contributed by atoms with Crippen LogP contribution in [-0.2, 0) is 11.3 Å². The summed E-state index contributed by atoms with van der Waals surface area (Å²) in [5, 5.41) is 7.64. The molecule has 0 saturated carbocycles. The van der Waals surface area contributed by atoms with E-state index >= 15 is 0 Å². The minimum atomic E-state index is -0.805. The van der Waals surface area contributed by atoms with Crippen molar-refractivity contribution < 1.29 is 9.53 Å². The summed E-state index contributed by atoms with van der Waals surface area (Å²) in [5.41, 5.74) is 14.8. The number of aromatic nitrogens is 3. The number of fused-ring (bicyclic) bond motifs is 1. The number of hydrogen-bond acceptors (Lipinski definition) is 7. The highest BCUT2D eigenvalue weighted by atomic mass is 16.6. The van der Waals surface area contributed by atoms with Gasteiger partial charge in [0.05, 0.1) is 0 Å². The van der Waals surface area contributed by atoms with E-state index in [4.69, 9.17) is 22.6 Å². The molecule has 0 spiro atoms. The number of carbonyl (C=O) groups is 1. The van der Waals surface area contributed by atoms with Crippen molar-refractivity contribution in [2.75, 3.05) is 18.4 Å². The second-order valence-corrected chi connectivity index (χ2v) is 7.26. The molecule has 9 heteroatoms. The maximum atomic E-state index is 11.2. The molecule has 1 aliphatic heterocycles. The molecule has 1 aromatic carbocycles. The van der Waals surface area contributed by atoms with E-state index in [1.807, 2.05) is 36.5 Å². The molecular formula is C21H23N7O2. The molecule has 1 fully saturated rings. The maximum absolute atomic E-state index is 11.2. The Bertz CT molecular complexity index is 1100. The van der Waals surface area contributed by atoms with Crippen LogP contribution in [-0.4, -0.2) is 50.8 Å². The average molecular weight is 405 g/mol. The number of carbonyl (C=O) groups excluding carboxylic acids is 1. The van der Waals surface area contributed by atoms with Crippen molar-refractivity contribution >= 4 is 23.1 Å². The van der Waals surface area contributed by atoms with Crippen LogP contribution >= 0.6 is 0 Å². The van der Waals surface area contributed by atoms with E-state index in [2.05, 4.69) is 26.2 Å². The van der Waals surface area contributed by atoms with Gasteiger partial charge in [0.25, 0.3) is 0 Å². The molecule has 1 amide bonds. The highest BCUT2D eigenvalue weighted by Gasteiger charge is 2.29. The van der Waals surface area contributed by atoms with Crippen molar-refractivity contribution in [3.8, 4) is 12.3 Å². The van der Waals surface area contributed by atoms with E-state index in [0.717, 1.165) is 28.9 Å². The van der Waals surface area contributed by atoms with E-state index in [1.54, 1.807) is 4.52 Å². The first kappa shape index (κ1) is 19.7. The lowest BCUT2D eigenvalue weighted by atomic mass is 10.0. The molecule has 0 bridgehead atoms. The first-order valence-corrected chi connectivity index (χ1v) is 9.62. The minimum Gasteiger partial charge on any atom is -0.443 e. The number of nitrogens with zero attached hydrogens (tertiary/aromatic N) is 4. The fourth-order valence-corrected chi connectivity index (χ4v) is 3.72. The zero-order valence-corrected chi connectivity index (χ0v) is 16.4. The number of benzene rings is 1. The molecule has 2 unspecified atom stereocenters. The third-order valence-electron chi connectivity index (χ3n) is 5.19. The van der Waals surface area contributed by atoms with E-state index < -0.39 is 12.2 Å². The number of piperidine rings is 1. The van der Waals surface area contributed by atoms with Crippen molar-refractivity contribution in [3.63, 3.8) is 0 Å². The molecule has 9 nitrogen and oxygen atoms in total. The van der Waals surface area contributed by atoms with Crippen LogP contribution in [0.25, 0.3) is 5.52 Å². The fraction of sp³-hybridized carbons (Fsp3) is 0.286. The van der Waals surface area contributed by atoms with Gasteiger partial charge < -0.3 is 21.5 Å². The summed E-state index contributed by atoms with van der Waals surface area (Å²) in [6.45, 7) is 1.94. The Balaban J connectivity index is 1.58. The predicted octanol–water partition coefficient (Wildman–Crippen LogP) is 1.45. The van der Waals surface area contributed by atoms with Crippen LogP contribution in [0.4, 0.5) is 16.3 Å². The molecule has 4 rings (SSSR count). The van der Waals surface area contributed by atoms with Crippen molar-refractivity contribution in [1.29, 1.82) is 0 Å². The van der Waals surface area contributed by atoms with Gasteiger partial charge in [-0.15, -0.1) is 6.42 Å². The van der Waals surface area contributed by atoms with E-state index in [1.165, 1.54) is 6.33 Å². The van der Waals surface area contributed by atoms with E-state index in [0.29, 0.717) is 25.3 Å². The number of nitrogens with two attached hydrogens (primary N) is 2. The van der Waals surface area contributed by atoms with Crippen LogP contribution in [0.3, 0.4) is 0 Å². The summed E-state index contributed by atoms with van der Waals surface area (Å²) in [5.74, 6) is 3.31. The lowest BCUT2D eigenvalue weighted by molar-refractivity contribution is 0.0313. The number of rotatable bonds is 5. The van der Waals surface area contributed by atoms with Gasteiger partial charge in [-0.05, 0) is 36.2 Å². The Hall–Kier alpha value is -3.61. The minimum absolute atomic E-state index is 0.219. The monoisotopic (exact) mass is 405 g/mol. The van der Waals surface area contributed by atoms with Gasteiger partial charge in [-0.25, -0.2) is 14.3 Å². The topological polar surface area (TPSA) is 124 Å². The molecule has 0 radical (unpaired) electrons. The van der Waals surface area contributed by atoms with Crippen LogP contribution < -0.4 is 16.8 Å². The Labute approximate surface area is 174 Å². The molecule has 0 aliphatic carbocycles. The standard InChI is InChI=1S/C21H23N7O2/c1-2-14-4-3-5-16(10-14)26-20-19-15(6-9-28(19)25-13-24-20)11-27-8-7-17(22)18(12-27)30-21(23)29/h1,3-6,9-10,13,17-18H,7-8,11-12,22H2,(H2,23,29)(H,24,25,26). The van der Waals surface area contributed by atoms with Crippen molar-refractivity contribution in [3.05, 3.63) is 54.0 Å². The molecule has 2 aromatic heterocycles. The van der Waals surface area contributed by atoms with Gasteiger partial charge in [-0.1, -0.05) is 12.0 Å². The average Bonchev–Trinajstić information content (AvgIpc) is 3.14. The summed E-state index contributed by atoms with van der Waals surface area (Å²) < 4.78 is 6.96. The van der Waals surface area contributed by atoms with Crippen LogP contribution in [0.15, 0.2) is 42.9 Å². The van der Waals surface area contributed by atoms with Gasteiger partial charge in [0.1, 0.15) is 17.9 Å². The number of likely N-dealkylation sites (tertiary alicyclic amines) is 1. The van der Waals surface area contributed by atoms with Gasteiger partial charge in [0.15, 0.2) is 5.82 Å². The largest absolute Gasteiger partial charge is 0.443 e. The number of primary amides is 1. The van der Waals surface area contributed by atoms with Crippen LogP contribution in [0, 0.1) is 12.3 Å². The molecule has 2 atom stereocenters. The SMILES string of the molecule is C#Cc1cccc(Nc2ncnn3ccc(CN4CCC(N)C(OC(N)=O)C4)c23)c1. The predicted molar refractivity (Wildman–Crippen MR) is 113 cm³/mol. The zero-order chi connectivity index (χ0) is 21.1. The smallest absolute Gasteiger partial charge is 0.404 e. The normalized spacial score (nSPS) is 19.3. The van der Waals surface area contributed by atoms with Crippen molar-refractivity contribution in [1.82, 2.24) is 19.5 Å². The molecule has 30 heavy (non-hydrogen) atoms. The number of terminal acetylenes is 1. The number of ether oxygens (including phenoxy) is 1. The number of hydrogen-bond donors (Lipinski definition) is 3. The summed E-state index contributed by atoms with van der Waals surface area (Å²) in [7, 11) is 0. The van der Waals surface area contributed by atoms with Gasteiger partial charge in [-0.2, -0.15) is 5.10 Å². The number of anilines is 2. The second-order valence-electron chi connectivity index (χ2n) is 7.26. The van der Waals surface area contributed by atoms with Gasteiger partial charge in [-0.3, -0.25) is 4.90 Å². The third kappa shape index (κ3) is 4.20. The molecule has 3 heterocycles. The summed E-state index contributed by atoms with van der Waals surface area (Å²) in [4.78, 5) is 17.8. The van der Waals surface area contributed by atoms with E-state index in [-0.39, 0.29) is 6.04 Å². The molecule has 1 aliphatic rings. The van der Waals surface area contributed by atoms with Crippen LogP contribution in [0.5, 0.6) is 0 Å². The Morgan fingerprint density at radius 2 is 2.27 bits per heavy atom. The summed E-state index contributed by atoms with van der Waals surface area (Å²) in [6.07, 6.45) is 8.38.